The topological polar surface area (TPSA) is 89.9 Å². The second kappa shape index (κ2) is 6.23. The summed E-state index contributed by atoms with van der Waals surface area (Å²) in [6.07, 6.45) is 0.801. The van der Waals surface area contributed by atoms with Crippen LogP contribution < -0.4 is 5.32 Å². The Bertz CT molecular complexity index is 502. The molecule has 0 radical (unpaired) electrons. The second-order valence-electron chi connectivity index (χ2n) is 4.77. The zero-order valence-electron chi connectivity index (χ0n) is 11.2. The monoisotopic (exact) mass is 298 g/mol. The van der Waals surface area contributed by atoms with Gasteiger partial charge in [-0.3, -0.25) is 0 Å². The zero-order chi connectivity index (χ0) is 14.7. The Morgan fingerprint density at radius 3 is 3.00 bits per heavy atom. The smallest absolute Gasteiger partial charge is 0.326 e. The Kier molecular flexibility index (Phi) is 4.61. The van der Waals surface area contributed by atoms with Gasteiger partial charge in [0.25, 0.3) is 0 Å². The summed E-state index contributed by atoms with van der Waals surface area (Å²) in [6, 6.07) is 0.499. The van der Waals surface area contributed by atoms with E-state index in [9.17, 15) is 9.59 Å². The Balaban J connectivity index is 2.05. The van der Waals surface area contributed by atoms with Gasteiger partial charge < -0.3 is 20.4 Å². The molecule has 1 aromatic heterocycles. The standard InChI is InChI=1S/C13H18N2O4S/c1-8-9-4-7-20-11(9)2-5-15(8)13(19)14-10(3-6-16)12(17)18/h4,7-8,10,16H,2-3,5-6H2,1H3,(H,14,19)(H,17,18)/t8?,10-/m0/s1. The van der Waals surface area contributed by atoms with Gasteiger partial charge in [0.2, 0.25) is 0 Å². The Morgan fingerprint density at radius 1 is 1.60 bits per heavy atom. The van der Waals surface area contributed by atoms with Crippen LogP contribution in [0.25, 0.3) is 0 Å². The van der Waals surface area contributed by atoms with Gasteiger partial charge in [-0.1, -0.05) is 0 Å². The highest BCUT2D eigenvalue weighted by atomic mass is 32.1. The van der Waals surface area contributed by atoms with Gasteiger partial charge in [-0.15, -0.1) is 11.3 Å². The lowest BCUT2D eigenvalue weighted by atomic mass is 10.0. The van der Waals surface area contributed by atoms with Crippen LogP contribution in [0.2, 0.25) is 0 Å². The first kappa shape index (κ1) is 14.8. The van der Waals surface area contributed by atoms with E-state index >= 15 is 0 Å². The van der Waals surface area contributed by atoms with Gasteiger partial charge in [-0.05, 0) is 30.4 Å². The number of aliphatic hydroxyl groups excluding tert-OH is 1. The van der Waals surface area contributed by atoms with Gasteiger partial charge in [0, 0.05) is 24.4 Å². The third-order valence-corrected chi connectivity index (χ3v) is 4.55. The third-order valence-electron chi connectivity index (χ3n) is 3.55. The maximum Gasteiger partial charge on any atom is 0.326 e. The highest BCUT2D eigenvalue weighted by Crippen LogP contribution is 2.32. The summed E-state index contributed by atoms with van der Waals surface area (Å²) in [5.41, 5.74) is 1.13. The maximum absolute atomic E-state index is 12.2. The second-order valence-corrected chi connectivity index (χ2v) is 5.77. The first-order valence-electron chi connectivity index (χ1n) is 6.51. The van der Waals surface area contributed by atoms with Crippen LogP contribution in [0, 0.1) is 0 Å². The van der Waals surface area contributed by atoms with Crippen LogP contribution >= 0.6 is 11.3 Å². The molecule has 1 aliphatic rings. The summed E-state index contributed by atoms with van der Waals surface area (Å²) in [5.74, 6) is -1.13. The number of aliphatic carboxylic acids is 1. The van der Waals surface area contributed by atoms with E-state index in [1.165, 1.54) is 4.88 Å². The van der Waals surface area contributed by atoms with Gasteiger partial charge in [0.1, 0.15) is 6.04 Å². The van der Waals surface area contributed by atoms with Crippen molar-refractivity contribution >= 4 is 23.3 Å². The largest absolute Gasteiger partial charge is 0.480 e. The number of nitrogens with one attached hydrogen (secondary N) is 1. The summed E-state index contributed by atoms with van der Waals surface area (Å²) >= 11 is 1.68. The summed E-state index contributed by atoms with van der Waals surface area (Å²) in [4.78, 5) is 26.1. The quantitative estimate of drug-likeness (QED) is 0.779. The zero-order valence-corrected chi connectivity index (χ0v) is 12.0. The molecule has 0 fully saturated rings. The van der Waals surface area contributed by atoms with Gasteiger partial charge in [0.05, 0.1) is 6.04 Å². The summed E-state index contributed by atoms with van der Waals surface area (Å²) in [5, 5.41) is 22.3. The fourth-order valence-electron chi connectivity index (χ4n) is 2.41. The van der Waals surface area contributed by atoms with Crippen LogP contribution in [0.5, 0.6) is 0 Å². The van der Waals surface area contributed by atoms with Crippen LogP contribution in [0.3, 0.4) is 0 Å². The Labute approximate surface area is 121 Å². The molecule has 0 aromatic carbocycles. The number of nitrogens with zero attached hydrogens (tertiary/aromatic N) is 1. The van der Waals surface area contributed by atoms with E-state index in [0.717, 1.165) is 12.0 Å². The molecule has 110 valence electrons. The third kappa shape index (κ3) is 2.94. The molecule has 20 heavy (non-hydrogen) atoms. The number of fused-ring (bicyclic) bond motifs is 1. The van der Waals surface area contributed by atoms with E-state index in [2.05, 4.69) is 5.32 Å². The molecule has 6 nitrogen and oxygen atoms in total. The first-order chi connectivity index (χ1) is 9.54. The molecule has 2 heterocycles. The minimum Gasteiger partial charge on any atom is -0.480 e. The van der Waals surface area contributed by atoms with E-state index in [0.29, 0.717) is 6.54 Å². The molecule has 0 saturated heterocycles. The van der Waals surface area contributed by atoms with Crippen molar-refractivity contribution < 1.29 is 19.8 Å². The molecule has 2 amide bonds. The molecule has 0 saturated carbocycles. The van der Waals surface area contributed by atoms with Crippen LogP contribution in [0.4, 0.5) is 4.79 Å². The molecular formula is C13H18N2O4S. The number of aliphatic hydroxyl groups is 1. The summed E-state index contributed by atoms with van der Waals surface area (Å²) in [6.45, 7) is 2.24. The SMILES string of the molecule is CC1c2ccsc2CCN1C(=O)N[C@@H](CCO)C(=O)O. The lowest BCUT2D eigenvalue weighted by Crippen LogP contribution is -2.50. The predicted molar refractivity (Wildman–Crippen MR) is 74.8 cm³/mol. The maximum atomic E-state index is 12.2. The lowest BCUT2D eigenvalue weighted by Gasteiger charge is -2.34. The minimum atomic E-state index is -1.13. The molecule has 0 bridgehead atoms. The number of urea groups is 1. The molecule has 1 aromatic rings. The number of carbonyl (C=O) groups is 2. The van der Waals surface area contributed by atoms with E-state index in [1.807, 2.05) is 18.4 Å². The van der Waals surface area contributed by atoms with Gasteiger partial charge in [-0.25, -0.2) is 9.59 Å². The van der Waals surface area contributed by atoms with Crippen molar-refractivity contribution in [3.05, 3.63) is 21.9 Å². The number of hydrogen-bond acceptors (Lipinski definition) is 4. The van der Waals surface area contributed by atoms with Crippen LogP contribution in [-0.4, -0.2) is 46.3 Å². The van der Waals surface area contributed by atoms with Crippen molar-refractivity contribution in [2.24, 2.45) is 0 Å². The fourth-order valence-corrected chi connectivity index (χ4v) is 3.37. The van der Waals surface area contributed by atoms with Crippen molar-refractivity contribution in [3.63, 3.8) is 0 Å². The van der Waals surface area contributed by atoms with E-state index in [4.69, 9.17) is 10.2 Å². The normalized spacial score (nSPS) is 19.3. The number of carbonyl (C=O) groups excluding carboxylic acids is 1. The molecule has 2 atom stereocenters. The molecule has 1 unspecified atom stereocenters. The van der Waals surface area contributed by atoms with E-state index in [-0.39, 0.29) is 19.1 Å². The number of carboxylic acid groups (broad SMARTS) is 1. The van der Waals surface area contributed by atoms with Gasteiger partial charge in [0.15, 0.2) is 0 Å². The number of rotatable bonds is 4. The van der Waals surface area contributed by atoms with Crippen LogP contribution in [-0.2, 0) is 11.2 Å². The average Bonchev–Trinajstić information content (AvgIpc) is 2.87. The number of thiophene rings is 1. The highest BCUT2D eigenvalue weighted by molar-refractivity contribution is 7.10. The van der Waals surface area contributed by atoms with Crippen molar-refractivity contribution in [3.8, 4) is 0 Å². The molecule has 3 N–H and O–H groups in total. The van der Waals surface area contributed by atoms with E-state index in [1.54, 1.807) is 16.2 Å². The molecule has 0 spiro atoms. The van der Waals surface area contributed by atoms with Crippen molar-refractivity contribution in [1.82, 2.24) is 10.2 Å². The number of amides is 2. The molecule has 2 rings (SSSR count). The minimum absolute atomic E-state index is 0.00694. The fraction of sp³-hybridized carbons (Fsp3) is 0.538. The lowest BCUT2D eigenvalue weighted by molar-refractivity contribution is -0.139. The molecule has 0 aliphatic carbocycles. The summed E-state index contributed by atoms with van der Waals surface area (Å²) in [7, 11) is 0. The molecule has 1 aliphatic heterocycles. The van der Waals surface area contributed by atoms with Gasteiger partial charge >= 0.3 is 12.0 Å². The number of hydrogen-bond donors (Lipinski definition) is 3. The van der Waals surface area contributed by atoms with Crippen LogP contribution in [0.15, 0.2) is 11.4 Å². The number of carboxylic acids is 1. The van der Waals surface area contributed by atoms with Gasteiger partial charge in [-0.2, -0.15) is 0 Å². The van der Waals surface area contributed by atoms with Crippen molar-refractivity contribution in [2.75, 3.05) is 13.2 Å². The Hall–Kier alpha value is -1.60. The van der Waals surface area contributed by atoms with Crippen LogP contribution in [0.1, 0.15) is 29.8 Å². The summed E-state index contributed by atoms with van der Waals surface area (Å²) < 4.78 is 0. The Morgan fingerprint density at radius 2 is 2.35 bits per heavy atom. The molecular weight excluding hydrogens is 280 g/mol. The van der Waals surface area contributed by atoms with Crippen molar-refractivity contribution in [1.29, 1.82) is 0 Å². The van der Waals surface area contributed by atoms with E-state index < -0.39 is 18.0 Å². The first-order valence-corrected chi connectivity index (χ1v) is 7.39. The van der Waals surface area contributed by atoms with Crippen molar-refractivity contribution in [2.45, 2.75) is 31.8 Å². The average molecular weight is 298 g/mol. The highest BCUT2D eigenvalue weighted by Gasteiger charge is 2.30. The predicted octanol–water partition coefficient (Wildman–Crippen LogP) is 1.21. The molecule has 7 heteroatoms.